The van der Waals surface area contributed by atoms with Crippen LogP contribution in [0.25, 0.3) is 0 Å². The Labute approximate surface area is 104 Å². The van der Waals surface area contributed by atoms with Gasteiger partial charge >= 0.3 is 5.97 Å². The monoisotopic (exact) mass is 247 g/mol. The van der Waals surface area contributed by atoms with E-state index in [1.54, 1.807) is 12.5 Å². The van der Waals surface area contributed by atoms with Crippen LogP contribution in [0.15, 0.2) is 31.2 Å². The van der Waals surface area contributed by atoms with Crippen LogP contribution < -0.4 is 5.32 Å². The number of nitrogens with zero attached hydrogens (tertiary/aromatic N) is 4. The molecule has 0 spiro atoms. The van der Waals surface area contributed by atoms with Crippen molar-refractivity contribution in [3.63, 3.8) is 0 Å². The lowest BCUT2D eigenvalue weighted by Gasteiger charge is -2.06. The van der Waals surface area contributed by atoms with Crippen molar-refractivity contribution in [2.75, 3.05) is 6.54 Å². The zero-order valence-electron chi connectivity index (χ0n) is 9.65. The summed E-state index contributed by atoms with van der Waals surface area (Å²) in [7, 11) is 0. The Hall–Kier alpha value is -2.28. The van der Waals surface area contributed by atoms with E-state index in [9.17, 15) is 4.79 Å². The van der Waals surface area contributed by atoms with E-state index in [0.717, 1.165) is 6.54 Å². The van der Waals surface area contributed by atoms with Crippen molar-refractivity contribution in [3.05, 3.63) is 42.5 Å². The molecule has 2 aromatic heterocycles. The molecule has 0 amide bonds. The molecule has 0 atom stereocenters. The standard InChI is InChI=1S/C11H13N5O2/c17-11(18)9-5-14-7-15-10(9)6-12-1-3-16-4-2-13-8-16/h2,4-5,7-8,12H,1,3,6H2,(H,17,18). The van der Waals surface area contributed by atoms with Crippen LogP contribution in [0.2, 0.25) is 0 Å². The van der Waals surface area contributed by atoms with E-state index in [-0.39, 0.29) is 5.56 Å². The van der Waals surface area contributed by atoms with Crippen molar-refractivity contribution in [3.8, 4) is 0 Å². The van der Waals surface area contributed by atoms with E-state index < -0.39 is 5.97 Å². The van der Waals surface area contributed by atoms with Crippen molar-refractivity contribution in [2.24, 2.45) is 0 Å². The van der Waals surface area contributed by atoms with E-state index >= 15 is 0 Å². The number of rotatable bonds is 6. The molecular formula is C11H13N5O2. The smallest absolute Gasteiger partial charge is 0.339 e. The zero-order chi connectivity index (χ0) is 12.8. The highest BCUT2D eigenvalue weighted by Crippen LogP contribution is 2.02. The van der Waals surface area contributed by atoms with Crippen LogP contribution in [0.3, 0.4) is 0 Å². The van der Waals surface area contributed by atoms with Gasteiger partial charge < -0.3 is 15.0 Å². The number of carbonyl (C=O) groups is 1. The number of aromatic nitrogens is 4. The number of imidazole rings is 1. The Balaban J connectivity index is 1.85. The molecular weight excluding hydrogens is 234 g/mol. The summed E-state index contributed by atoms with van der Waals surface area (Å²) in [6, 6.07) is 0. The molecule has 0 fully saturated rings. The average molecular weight is 247 g/mol. The van der Waals surface area contributed by atoms with E-state index in [1.807, 2.05) is 10.8 Å². The third kappa shape index (κ3) is 3.11. The second-order valence-corrected chi connectivity index (χ2v) is 3.67. The first-order chi connectivity index (χ1) is 8.77. The molecule has 0 unspecified atom stereocenters. The van der Waals surface area contributed by atoms with Crippen LogP contribution in [-0.4, -0.2) is 37.1 Å². The maximum absolute atomic E-state index is 10.9. The Morgan fingerprint density at radius 2 is 2.33 bits per heavy atom. The average Bonchev–Trinajstić information content (AvgIpc) is 2.88. The summed E-state index contributed by atoms with van der Waals surface area (Å²) in [5.74, 6) is -1.01. The number of hydrogen-bond donors (Lipinski definition) is 2. The van der Waals surface area contributed by atoms with Gasteiger partial charge in [-0.25, -0.2) is 19.7 Å². The van der Waals surface area contributed by atoms with Crippen molar-refractivity contribution in [1.82, 2.24) is 24.8 Å². The molecule has 2 N–H and O–H groups in total. The van der Waals surface area contributed by atoms with Gasteiger partial charge in [-0.05, 0) is 0 Å². The SMILES string of the molecule is O=C(O)c1cncnc1CNCCn1ccnc1. The first-order valence-corrected chi connectivity index (χ1v) is 5.46. The molecule has 7 nitrogen and oxygen atoms in total. The molecule has 0 radical (unpaired) electrons. The number of carboxylic acid groups (broad SMARTS) is 1. The Bertz CT molecular complexity index is 512. The van der Waals surface area contributed by atoms with Gasteiger partial charge in [-0.2, -0.15) is 0 Å². The second kappa shape index (κ2) is 5.87. The van der Waals surface area contributed by atoms with Gasteiger partial charge in [0.2, 0.25) is 0 Å². The lowest BCUT2D eigenvalue weighted by Crippen LogP contribution is -2.21. The van der Waals surface area contributed by atoms with Gasteiger partial charge in [-0.15, -0.1) is 0 Å². The van der Waals surface area contributed by atoms with Crippen LogP contribution in [0.1, 0.15) is 16.1 Å². The third-order valence-corrected chi connectivity index (χ3v) is 2.42. The highest BCUT2D eigenvalue weighted by molar-refractivity contribution is 5.88. The first kappa shape index (κ1) is 12.2. The molecule has 0 saturated heterocycles. The lowest BCUT2D eigenvalue weighted by molar-refractivity contribution is 0.0694. The lowest BCUT2D eigenvalue weighted by atomic mass is 10.2. The van der Waals surface area contributed by atoms with E-state index in [1.165, 1.54) is 12.5 Å². The zero-order valence-corrected chi connectivity index (χ0v) is 9.65. The molecule has 0 aliphatic carbocycles. The normalized spacial score (nSPS) is 10.4. The summed E-state index contributed by atoms with van der Waals surface area (Å²) >= 11 is 0. The summed E-state index contributed by atoms with van der Waals surface area (Å²) in [5.41, 5.74) is 0.621. The molecule has 18 heavy (non-hydrogen) atoms. The fraction of sp³-hybridized carbons (Fsp3) is 0.273. The Morgan fingerprint density at radius 3 is 3.06 bits per heavy atom. The molecule has 2 aromatic rings. The quantitative estimate of drug-likeness (QED) is 0.706. The fourth-order valence-corrected chi connectivity index (χ4v) is 1.51. The number of nitrogens with one attached hydrogen (secondary N) is 1. The van der Waals surface area contributed by atoms with Crippen molar-refractivity contribution < 1.29 is 9.90 Å². The summed E-state index contributed by atoms with van der Waals surface area (Å²) in [6.45, 7) is 1.88. The van der Waals surface area contributed by atoms with Gasteiger partial charge in [-0.3, -0.25) is 0 Å². The van der Waals surface area contributed by atoms with Gasteiger partial charge in [0.25, 0.3) is 0 Å². The molecule has 2 rings (SSSR count). The van der Waals surface area contributed by atoms with Gasteiger partial charge in [-0.1, -0.05) is 0 Å². The Morgan fingerprint density at radius 1 is 1.44 bits per heavy atom. The summed E-state index contributed by atoms with van der Waals surface area (Å²) < 4.78 is 1.94. The Kier molecular flexibility index (Phi) is 3.98. The maximum Gasteiger partial charge on any atom is 0.339 e. The minimum Gasteiger partial charge on any atom is -0.478 e. The van der Waals surface area contributed by atoms with Gasteiger partial charge in [0, 0.05) is 38.2 Å². The predicted octanol–water partition coefficient (Wildman–Crippen LogP) is 0.161. The van der Waals surface area contributed by atoms with Crippen molar-refractivity contribution in [2.45, 2.75) is 13.1 Å². The van der Waals surface area contributed by atoms with Gasteiger partial charge in [0.15, 0.2) is 0 Å². The molecule has 94 valence electrons. The topological polar surface area (TPSA) is 92.9 Å². The third-order valence-electron chi connectivity index (χ3n) is 2.42. The number of carboxylic acids is 1. The number of aromatic carboxylic acids is 1. The molecule has 0 aromatic carbocycles. The predicted molar refractivity (Wildman–Crippen MR) is 62.9 cm³/mol. The highest BCUT2D eigenvalue weighted by atomic mass is 16.4. The largest absolute Gasteiger partial charge is 0.478 e. The molecule has 0 saturated carbocycles. The van der Waals surface area contributed by atoms with Crippen LogP contribution >= 0.6 is 0 Å². The van der Waals surface area contributed by atoms with E-state index in [0.29, 0.717) is 18.8 Å². The fourth-order valence-electron chi connectivity index (χ4n) is 1.51. The molecule has 7 heteroatoms. The first-order valence-electron chi connectivity index (χ1n) is 5.46. The highest BCUT2D eigenvalue weighted by Gasteiger charge is 2.10. The number of hydrogen-bond acceptors (Lipinski definition) is 5. The maximum atomic E-state index is 10.9. The van der Waals surface area contributed by atoms with Gasteiger partial charge in [0.05, 0.1) is 12.0 Å². The van der Waals surface area contributed by atoms with Crippen LogP contribution in [0.4, 0.5) is 0 Å². The van der Waals surface area contributed by atoms with Crippen LogP contribution in [0, 0.1) is 0 Å². The summed E-state index contributed by atoms with van der Waals surface area (Å²) in [6.07, 6.45) is 7.97. The minimum absolute atomic E-state index is 0.132. The molecule has 2 heterocycles. The molecule has 0 bridgehead atoms. The summed E-state index contributed by atoms with van der Waals surface area (Å²) in [4.78, 5) is 22.5. The molecule has 0 aliphatic rings. The van der Waals surface area contributed by atoms with E-state index in [2.05, 4.69) is 20.3 Å². The van der Waals surface area contributed by atoms with Crippen molar-refractivity contribution in [1.29, 1.82) is 0 Å². The minimum atomic E-state index is -1.01. The van der Waals surface area contributed by atoms with Crippen LogP contribution in [-0.2, 0) is 13.1 Å². The van der Waals surface area contributed by atoms with Gasteiger partial charge in [0.1, 0.15) is 11.9 Å². The second-order valence-electron chi connectivity index (χ2n) is 3.67. The van der Waals surface area contributed by atoms with E-state index in [4.69, 9.17) is 5.11 Å². The summed E-state index contributed by atoms with van der Waals surface area (Å²) in [5, 5.41) is 12.1. The molecule has 0 aliphatic heterocycles. The van der Waals surface area contributed by atoms with Crippen molar-refractivity contribution >= 4 is 5.97 Å². The van der Waals surface area contributed by atoms with Crippen LogP contribution in [0.5, 0.6) is 0 Å².